The van der Waals surface area contributed by atoms with E-state index in [1.165, 1.54) is 4.52 Å². The fourth-order valence-electron chi connectivity index (χ4n) is 5.62. The Labute approximate surface area is 188 Å². The van der Waals surface area contributed by atoms with E-state index in [9.17, 15) is 14.4 Å². The molecule has 2 aromatic rings. The lowest BCUT2D eigenvalue weighted by Crippen LogP contribution is -2.42. The number of H-pyrrole nitrogens is 1. The molecular weight excluding hydrogens is 406 g/mol. The van der Waals surface area contributed by atoms with Crippen molar-refractivity contribution in [3.63, 3.8) is 0 Å². The van der Waals surface area contributed by atoms with Gasteiger partial charge >= 0.3 is 0 Å². The Kier molecular flexibility index (Phi) is 5.55. The number of fused-ring (bicyclic) bond motifs is 2. The molecule has 5 rings (SSSR count). The summed E-state index contributed by atoms with van der Waals surface area (Å²) in [6.07, 6.45) is 6.94. The summed E-state index contributed by atoms with van der Waals surface area (Å²) >= 11 is 0. The molecule has 2 aliphatic heterocycles. The Bertz CT molecular complexity index is 1090. The van der Waals surface area contributed by atoms with E-state index in [2.05, 4.69) is 5.10 Å². The SMILES string of the molecule is CC(C)C(=O)N1CCc2nc3cc([C@@H]4CCCN(C(=O)C5CCCC5)C4)[nH]n3c(=O)c2C1. The highest BCUT2D eigenvalue weighted by Gasteiger charge is 2.32. The van der Waals surface area contributed by atoms with Crippen LogP contribution in [0.15, 0.2) is 10.9 Å². The minimum atomic E-state index is -0.118. The van der Waals surface area contributed by atoms with Crippen molar-refractivity contribution in [1.29, 1.82) is 0 Å². The second-order valence-corrected chi connectivity index (χ2v) is 10.0. The smallest absolute Gasteiger partial charge is 0.277 e. The third-order valence-electron chi connectivity index (χ3n) is 7.46. The van der Waals surface area contributed by atoms with Gasteiger partial charge in [-0.15, -0.1) is 0 Å². The van der Waals surface area contributed by atoms with Gasteiger partial charge in [0.1, 0.15) is 0 Å². The first-order valence-corrected chi connectivity index (χ1v) is 12.1. The maximum Gasteiger partial charge on any atom is 0.277 e. The number of nitrogens with zero attached hydrogens (tertiary/aromatic N) is 4. The van der Waals surface area contributed by atoms with E-state index >= 15 is 0 Å². The highest BCUT2D eigenvalue weighted by Crippen LogP contribution is 2.31. The Morgan fingerprint density at radius 1 is 1.09 bits per heavy atom. The summed E-state index contributed by atoms with van der Waals surface area (Å²) in [5.74, 6) is 0.676. The van der Waals surface area contributed by atoms with Gasteiger partial charge in [0.15, 0.2) is 5.65 Å². The molecule has 1 saturated heterocycles. The molecule has 1 atom stereocenters. The Morgan fingerprint density at radius 2 is 1.88 bits per heavy atom. The summed E-state index contributed by atoms with van der Waals surface area (Å²) in [7, 11) is 0. The van der Waals surface area contributed by atoms with Crippen LogP contribution >= 0.6 is 0 Å². The quantitative estimate of drug-likeness (QED) is 0.795. The first kappa shape index (κ1) is 21.2. The number of amides is 2. The maximum atomic E-state index is 13.2. The van der Waals surface area contributed by atoms with E-state index in [4.69, 9.17) is 4.98 Å². The van der Waals surface area contributed by atoms with Crippen molar-refractivity contribution in [2.45, 2.75) is 71.3 Å². The van der Waals surface area contributed by atoms with Crippen molar-refractivity contribution < 1.29 is 9.59 Å². The van der Waals surface area contributed by atoms with Crippen molar-refractivity contribution in [1.82, 2.24) is 24.4 Å². The molecule has 1 aliphatic carbocycles. The fourth-order valence-corrected chi connectivity index (χ4v) is 5.62. The van der Waals surface area contributed by atoms with E-state index in [1.54, 1.807) is 4.90 Å². The van der Waals surface area contributed by atoms with Gasteiger partial charge in [0.2, 0.25) is 11.8 Å². The molecule has 0 unspecified atom stereocenters. The molecule has 32 heavy (non-hydrogen) atoms. The van der Waals surface area contributed by atoms with Crippen molar-refractivity contribution in [3.8, 4) is 0 Å². The van der Waals surface area contributed by atoms with Crippen LogP contribution in [0, 0.1) is 11.8 Å². The molecular formula is C24H33N5O3. The topological polar surface area (TPSA) is 90.8 Å². The largest absolute Gasteiger partial charge is 0.342 e. The van der Waals surface area contributed by atoms with Crippen LogP contribution in [0.5, 0.6) is 0 Å². The Morgan fingerprint density at radius 3 is 2.62 bits per heavy atom. The first-order chi connectivity index (χ1) is 15.4. The van der Waals surface area contributed by atoms with Crippen molar-refractivity contribution in [3.05, 3.63) is 33.4 Å². The van der Waals surface area contributed by atoms with Crippen LogP contribution in [0.3, 0.4) is 0 Å². The van der Waals surface area contributed by atoms with Crippen molar-refractivity contribution >= 4 is 17.5 Å². The zero-order valence-electron chi connectivity index (χ0n) is 19.1. The van der Waals surface area contributed by atoms with E-state index in [-0.39, 0.29) is 29.2 Å². The summed E-state index contributed by atoms with van der Waals surface area (Å²) in [6.45, 7) is 6.22. The third kappa shape index (κ3) is 3.73. The maximum absolute atomic E-state index is 13.2. The van der Waals surface area contributed by atoms with Gasteiger partial charge in [-0.05, 0) is 25.7 Å². The minimum absolute atomic E-state index is 0.0709. The standard InChI is InChI=1S/C24H33N5O3/c1-15(2)22(30)28-11-9-19-18(14-28)24(32)29-21(25-19)12-20(26-29)17-8-5-10-27(13-17)23(31)16-6-3-4-7-16/h12,15-17,26H,3-11,13-14H2,1-2H3/t17-/m1/s1. The molecule has 1 saturated carbocycles. The number of likely N-dealkylation sites (tertiary alicyclic amines) is 1. The number of carbonyl (C=O) groups excluding carboxylic acids is 2. The molecule has 0 radical (unpaired) electrons. The average Bonchev–Trinajstić information content (AvgIpc) is 3.48. The molecule has 2 aromatic heterocycles. The molecule has 0 aromatic carbocycles. The molecule has 4 heterocycles. The minimum Gasteiger partial charge on any atom is -0.342 e. The summed E-state index contributed by atoms with van der Waals surface area (Å²) in [4.78, 5) is 47.2. The Hall–Kier alpha value is -2.64. The molecule has 8 heteroatoms. The van der Waals surface area contributed by atoms with Gasteiger partial charge < -0.3 is 9.80 Å². The lowest BCUT2D eigenvalue weighted by atomic mass is 9.93. The number of nitrogens with one attached hydrogen (secondary N) is 1. The zero-order valence-corrected chi connectivity index (χ0v) is 19.1. The number of rotatable bonds is 3. The van der Waals surface area contributed by atoms with Crippen LogP contribution in [-0.2, 0) is 22.6 Å². The summed E-state index contributed by atoms with van der Waals surface area (Å²) in [5, 5.41) is 3.28. The van der Waals surface area contributed by atoms with Crippen molar-refractivity contribution in [2.24, 2.45) is 11.8 Å². The Balaban J connectivity index is 1.39. The van der Waals surface area contributed by atoms with E-state index in [1.807, 2.05) is 24.8 Å². The van der Waals surface area contributed by atoms with Crippen LogP contribution in [0.1, 0.15) is 75.2 Å². The second-order valence-electron chi connectivity index (χ2n) is 10.0. The molecule has 0 spiro atoms. The predicted octanol–water partition coefficient (Wildman–Crippen LogP) is 2.46. The second kappa shape index (κ2) is 8.37. The predicted molar refractivity (Wildman–Crippen MR) is 120 cm³/mol. The number of aromatic amines is 1. The molecule has 1 N–H and O–H groups in total. The molecule has 172 valence electrons. The monoisotopic (exact) mass is 439 g/mol. The number of piperidine rings is 1. The average molecular weight is 440 g/mol. The first-order valence-electron chi connectivity index (χ1n) is 12.1. The molecule has 3 aliphatic rings. The van der Waals surface area contributed by atoms with Crippen LogP contribution in [0.25, 0.3) is 5.65 Å². The zero-order chi connectivity index (χ0) is 22.4. The lowest BCUT2D eigenvalue weighted by Gasteiger charge is -2.34. The fraction of sp³-hybridized carbons (Fsp3) is 0.667. The van der Waals surface area contributed by atoms with E-state index in [0.29, 0.717) is 43.2 Å². The van der Waals surface area contributed by atoms with Crippen LogP contribution < -0.4 is 5.56 Å². The summed E-state index contributed by atoms with van der Waals surface area (Å²) in [5.41, 5.74) is 2.89. The summed E-state index contributed by atoms with van der Waals surface area (Å²) < 4.78 is 1.52. The lowest BCUT2D eigenvalue weighted by molar-refractivity contribution is -0.137. The van der Waals surface area contributed by atoms with Gasteiger partial charge in [0.25, 0.3) is 5.56 Å². The van der Waals surface area contributed by atoms with Crippen molar-refractivity contribution in [2.75, 3.05) is 19.6 Å². The number of hydrogen-bond acceptors (Lipinski definition) is 4. The highest BCUT2D eigenvalue weighted by molar-refractivity contribution is 5.79. The third-order valence-corrected chi connectivity index (χ3v) is 7.46. The van der Waals surface area contributed by atoms with Crippen LogP contribution in [0.4, 0.5) is 0 Å². The summed E-state index contributed by atoms with van der Waals surface area (Å²) in [6, 6.07) is 1.97. The van der Waals surface area contributed by atoms with Gasteiger partial charge in [-0.25, -0.2) is 9.50 Å². The normalized spacial score (nSPS) is 22.0. The van der Waals surface area contributed by atoms with Crippen LogP contribution in [-0.4, -0.2) is 55.8 Å². The number of aromatic nitrogens is 3. The number of hydrogen-bond donors (Lipinski definition) is 1. The van der Waals surface area contributed by atoms with Gasteiger partial charge in [-0.3, -0.25) is 19.5 Å². The van der Waals surface area contributed by atoms with E-state index < -0.39 is 0 Å². The number of carbonyl (C=O) groups is 2. The molecule has 2 fully saturated rings. The molecule has 8 nitrogen and oxygen atoms in total. The van der Waals surface area contributed by atoms with Gasteiger partial charge in [0.05, 0.1) is 17.8 Å². The molecule has 2 amide bonds. The van der Waals surface area contributed by atoms with Gasteiger partial charge in [-0.1, -0.05) is 26.7 Å². The highest BCUT2D eigenvalue weighted by atomic mass is 16.2. The van der Waals surface area contributed by atoms with Crippen LogP contribution in [0.2, 0.25) is 0 Å². The van der Waals surface area contributed by atoms with Gasteiger partial charge in [-0.2, -0.15) is 0 Å². The van der Waals surface area contributed by atoms with Gasteiger partial charge in [0, 0.05) is 55.6 Å². The molecule has 0 bridgehead atoms. The van der Waals surface area contributed by atoms with E-state index in [0.717, 1.165) is 56.5 Å².